The summed E-state index contributed by atoms with van der Waals surface area (Å²) >= 11 is 0. The Balaban J connectivity index is 1.33. The van der Waals surface area contributed by atoms with Gasteiger partial charge in [-0.05, 0) is 73.7 Å². The number of likely N-dealkylation sites (tertiary alicyclic amines) is 1. The summed E-state index contributed by atoms with van der Waals surface area (Å²) in [4.78, 5) is 43.3. The number of carbonyl (C=O) groups excluding carboxylic acids is 2. The third-order valence-electron chi connectivity index (χ3n) is 8.31. The molecule has 39 heavy (non-hydrogen) atoms. The molecule has 2 atom stereocenters. The maximum absolute atomic E-state index is 13.5. The van der Waals surface area contributed by atoms with Crippen molar-refractivity contribution in [1.82, 2.24) is 9.47 Å². The number of pyridine rings is 1. The van der Waals surface area contributed by atoms with Crippen molar-refractivity contribution < 1.29 is 14.0 Å². The lowest BCUT2D eigenvalue weighted by atomic mass is 9.83. The highest BCUT2D eigenvalue weighted by Gasteiger charge is 2.35. The molecule has 1 aromatic heterocycles. The monoisotopic (exact) mass is 528 g/mol. The molecular weight excluding hydrogens is 495 g/mol. The quantitative estimate of drug-likeness (QED) is 0.524. The average Bonchev–Trinajstić information content (AvgIpc) is 3.23. The van der Waals surface area contributed by atoms with Gasteiger partial charge in [-0.2, -0.15) is 0 Å². The Kier molecular flexibility index (Phi) is 6.94. The molecule has 0 saturated carbocycles. The summed E-state index contributed by atoms with van der Waals surface area (Å²) in [7, 11) is 0. The smallest absolute Gasteiger partial charge is 0.255 e. The van der Waals surface area contributed by atoms with Crippen LogP contribution in [0, 0.1) is 11.7 Å². The number of aromatic nitrogens is 1. The summed E-state index contributed by atoms with van der Waals surface area (Å²) in [5, 5.41) is 3.02. The van der Waals surface area contributed by atoms with Gasteiger partial charge in [0.15, 0.2) is 0 Å². The summed E-state index contributed by atoms with van der Waals surface area (Å²) in [5.74, 6) is -0.285. The fourth-order valence-corrected chi connectivity index (χ4v) is 6.39. The first-order valence-corrected chi connectivity index (χ1v) is 13.9. The van der Waals surface area contributed by atoms with Crippen LogP contribution in [0.2, 0.25) is 0 Å². The lowest BCUT2D eigenvalue weighted by Crippen LogP contribution is -2.47. The second-order valence-corrected chi connectivity index (χ2v) is 11.0. The first-order valence-electron chi connectivity index (χ1n) is 13.9. The molecule has 0 spiro atoms. The van der Waals surface area contributed by atoms with E-state index >= 15 is 0 Å². The molecule has 2 bridgehead atoms. The second kappa shape index (κ2) is 10.7. The lowest BCUT2D eigenvalue weighted by molar-refractivity contribution is 0.0761. The number of fused-ring (bicyclic) bond motifs is 4. The number of hydrogen-bond donors (Lipinski definition) is 1. The molecule has 3 aliphatic rings. The van der Waals surface area contributed by atoms with E-state index in [1.54, 1.807) is 12.1 Å². The molecule has 1 N–H and O–H groups in total. The van der Waals surface area contributed by atoms with Gasteiger partial charge in [0, 0.05) is 61.5 Å². The van der Waals surface area contributed by atoms with Crippen molar-refractivity contribution in [1.29, 1.82) is 0 Å². The van der Waals surface area contributed by atoms with Crippen LogP contribution in [0.1, 0.15) is 64.4 Å². The van der Waals surface area contributed by atoms with Crippen LogP contribution in [-0.4, -0.2) is 47.5 Å². The van der Waals surface area contributed by atoms with Gasteiger partial charge in [0.2, 0.25) is 0 Å². The van der Waals surface area contributed by atoms with Gasteiger partial charge in [-0.3, -0.25) is 14.4 Å². The molecule has 3 aliphatic heterocycles. The zero-order chi connectivity index (χ0) is 26.9. The van der Waals surface area contributed by atoms with Crippen molar-refractivity contribution in [3.05, 3.63) is 93.7 Å². The molecule has 0 aliphatic carbocycles. The number of nitrogens with zero attached hydrogens (tertiary/aromatic N) is 3. The van der Waals surface area contributed by atoms with Crippen LogP contribution in [0.4, 0.5) is 15.8 Å². The minimum absolute atomic E-state index is 0.0236. The van der Waals surface area contributed by atoms with Crippen LogP contribution in [0.25, 0.3) is 0 Å². The Morgan fingerprint density at radius 3 is 2.36 bits per heavy atom. The molecule has 0 radical (unpaired) electrons. The molecule has 2 amide bonds. The summed E-state index contributed by atoms with van der Waals surface area (Å²) in [5.41, 5.74) is 3.39. The number of anilines is 2. The molecule has 3 aromatic rings. The normalized spacial score (nSPS) is 20.6. The number of hydrogen-bond acceptors (Lipinski definition) is 4. The Morgan fingerprint density at radius 1 is 0.846 bits per heavy atom. The van der Waals surface area contributed by atoms with E-state index in [1.165, 1.54) is 24.3 Å². The first-order chi connectivity index (χ1) is 19.0. The van der Waals surface area contributed by atoms with Gasteiger partial charge in [0.25, 0.3) is 17.4 Å². The van der Waals surface area contributed by atoms with Crippen LogP contribution >= 0.6 is 0 Å². The number of piperidine rings is 1. The number of carbonyl (C=O) groups is 2. The van der Waals surface area contributed by atoms with Crippen LogP contribution in [0.5, 0.6) is 0 Å². The number of nitrogens with one attached hydrogen (secondary N) is 1. The predicted molar refractivity (Wildman–Crippen MR) is 149 cm³/mol. The summed E-state index contributed by atoms with van der Waals surface area (Å²) in [6, 6.07) is 16.5. The topological polar surface area (TPSA) is 74.7 Å². The molecule has 4 heterocycles. The minimum Gasteiger partial charge on any atom is -0.369 e. The molecular formula is C31H33FN4O3. The minimum atomic E-state index is -0.406. The average molecular weight is 529 g/mol. The fourth-order valence-electron chi connectivity index (χ4n) is 6.39. The highest BCUT2D eigenvalue weighted by molar-refractivity contribution is 6.07. The van der Waals surface area contributed by atoms with Crippen molar-refractivity contribution in [2.45, 2.75) is 44.6 Å². The maximum Gasteiger partial charge on any atom is 0.255 e. The number of rotatable bonds is 4. The highest BCUT2D eigenvalue weighted by Crippen LogP contribution is 2.39. The molecule has 7 nitrogen and oxygen atoms in total. The molecule has 2 saturated heterocycles. The predicted octanol–water partition coefficient (Wildman–Crippen LogP) is 4.88. The SMILES string of the molecule is O=C(Nc1cc(C(=O)N2CCCCCC2)ccc1N1C[C@H]2C[C@@H](C1)c1cccc(=O)n1C2)c1ccc(F)cc1. The van der Waals surface area contributed by atoms with E-state index in [1.807, 2.05) is 33.7 Å². The van der Waals surface area contributed by atoms with Gasteiger partial charge in [0.1, 0.15) is 5.82 Å². The molecule has 202 valence electrons. The molecule has 0 unspecified atom stereocenters. The van der Waals surface area contributed by atoms with E-state index in [9.17, 15) is 18.8 Å². The largest absolute Gasteiger partial charge is 0.369 e. The second-order valence-electron chi connectivity index (χ2n) is 11.0. The summed E-state index contributed by atoms with van der Waals surface area (Å²) < 4.78 is 15.4. The third kappa shape index (κ3) is 5.20. The van der Waals surface area contributed by atoms with E-state index in [2.05, 4.69) is 10.2 Å². The van der Waals surface area contributed by atoms with Gasteiger partial charge >= 0.3 is 0 Å². The van der Waals surface area contributed by atoms with Crippen LogP contribution in [0.3, 0.4) is 0 Å². The Hall–Kier alpha value is -3.94. The van der Waals surface area contributed by atoms with E-state index in [0.29, 0.717) is 35.8 Å². The zero-order valence-electron chi connectivity index (χ0n) is 21.9. The number of amides is 2. The van der Waals surface area contributed by atoms with E-state index in [-0.39, 0.29) is 23.3 Å². The number of benzene rings is 2. The van der Waals surface area contributed by atoms with Crippen molar-refractivity contribution in [2.75, 3.05) is 36.4 Å². The van der Waals surface area contributed by atoms with E-state index in [4.69, 9.17) is 0 Å². The van der Waals surface area contributed by atoms with Gasteiger partial charge < -0.3 is 19.7 Å². The third-order valence-corrected chi connectivity index (χ3v) is 8.31. The molecule has 6 rings (SSSR count). The van der Waals surface area contributed by atoms with Gasteiger partial charge in [-0.25, -0.2) is 4.39 Å². The van der Waals surface area contributed by atoms with Crippen LogP contribution < -0.4 is 15.8 Å². The summed E-state index contributed by atoms with van der Waals surface area (Å²) in [6.07, 6.45) is 5.28. The van der Waals surface area contributed by atoms with E-state index < -0.39 is 5.82 Å². The van der Waals surface area contributed by atoms with Gasteiger partial charge in [0.05, 0.1) is 11.4 Å². The lowest BCUT2D eigenvalue weighted by Gasteiger charge is -2.44. The molecule has 2 aromatic carbocycles. The van der Waals surface area contributed by atoms with Crippen molar-refractivity contribution in [2.24, 2.45) is 5.92 Å². The summed E-state index contributed by atoms with van der Waals surface area (Å²) in [6.45, 7) is 3.61. The van der Waals surface area contributed by atoms with Gasteiger partial charge in [-0.15, -0.1) is 0 Å². The van der Waals surface area contributed by atoms with E-state index in [0.717, 1.165) is 63.1 Å². The van der Waals surface area contributed by atoms with Gasteiger partial charge in [-0.1, -0.05) is 18.9 Å². The van der Waals surface area contributed by atoms with Crippen LogP contribution in [-0.2, 0) is 6.54 Å². The Labute approximate surface area is 227 Å². The zero-order valence-corrected chi connectivity index (χ0v) is 21.9. The van der Waals surface area contributed by atoms with Crippen molar-refractivity contribution >= 4 is 23.2 Å². The highest BCUT2D eigenvalue weighted by atomic mass is 19.1. The van der Waals surface area contributed by atoms with Crippen LogP contribution in [0.15, 0.2) is 65.5 Å². The first kappa shape index (κ1) is 25.3. The standard InChI is InChI=1S/C31H33FN4O3/c32-25-11-8-22(9-12-25)30(38)33-26-17-23(31(39)34-14-3-1-2-4-15-34)10-13-28(26)35-18-21-16-24(20-35)27-6-5-7-29(37)36(27)19-21/h5-13,17,21,24H,1-4,14-16,18-20H2,(H,33,38)/t21-,24+/m1/s1. The van der Waals surface area contributed by atoms with Crippen molar-refractivity contribution in [3.8, 4) is 0 Å². The molecule has 2 fully saturated rings. The fraction of sp³-hybridized carbons (Fsp3) is 0.387. The maximum atomic E-state index is 13.5. The molecule has 8 heteroatoms. The Bertz CT molecular complexity index is 1440. The Morgan fingerprint density at radius 2 is 1.59 bits per heavy atom. The number of halogens is 1. The van der Waals surface area contributed by atoms with Crippen molar-refractivity contribution in [3.63, 3.8) is 0 Å².